The second kappa shape index (κ2) is 4.13. The van der Waals surface area contributed by atoms with Crippen LogP contribution in [-0.4, -0.2) is 33.7 Å². The van der Waals surface area contributed by atoms with Crippen LogP contribution < -0.4 is 5.32 Å². The molecule has 2 amide bonds. The normalized spacial score (nSPS) is 21.2. The Morgan fingerprint density at radius 2 is 2.12 bits per heavy atom. The van der Waals surface area contributed by atoms with Gasteiger partial charge in [-0.1, -0.05) is 0 Å². The van der Waals surface area contributed by atoms with Gasteiger partial charge in [0.05, 0.1) is 6.42 Å². The zero-order chi connectivity index (χ0) is 12.5. The molecule has 16 heavy (non-hydrogen) atoms. The van der Waals surface area contributed by atoms with E-state index in [2.05, 4.69) is 11.9 Å². The predicted molar refractivity (Wildman–Crippen MR) is 55.2 cm³/mol. The van der Waals surface area contributed by atoms with Gasteiger partial charge in [-0.2, -0.15) is 5.06 Å². The first-order valence-corrected chi connectivity index (χ1v) is 4.91. The molecular weight excluding hydrogens is 212 g/mol. The van der Waals surface area contributed by atoms with Gasteiger partial charge in [0, 0.05) is 0 Å². The van der Waals surface area contributed by atoms with Crippen LogP contribution in [0.1, 0.15) is 27.2 Å². The third-order valence-corrected chi connectivity index (χ3v) is 1.89. The average molecular weight is 228 g/mol. The molecule has 1 rings (SSSR count). The second-order valence-electron chi connectivity index (χ2n) is 4.58. The van der Waals surface area contributed by atoms with Crippen LogP contribution >= 0.6 is 0 Å². The lowest BCUT2D eigenvalue weighted by Gasteiger charge is -2.24. The molecule has 1 heterocycles. The SMILES string of the molecule is C=C(N[C@H]1CC(=O)N(O)C1=O)OC(C)(C)C. The van der Waals surface area contributed by atoms with Crippen LogP contribution in [-0.2, 0) is 14.3 Å². The van der Waals surface area contributed by atoms with Gasteiger partial charge in [-0.15, -0.1) is 0 Å². The molecule has 0 spiro atoms. The van der Waals surface area contributed by atoms with Gasteiger partial charge >= 0.3 is 0 Å². The molecule has 1 fully saturated rings. The number of hydroxylamine groups is 2. The highest BCUT2D eigenvalue weighted by molar-refractivity contribution is 6.04. The number of hydrogen-bond donors (Lipinski definition) is 2. The van der Waals surface area contributed by atoms with Crippen molar-refractivity contribution in [1.29, 1.82) is 0 Å². The molecule has 1 saturated heterocycles. The van der Waals surface area contributed by atoms with Crippen LogP contribution in [0.15, 0.2) is 12.5 Å². The number of nitrogens with zero attached hydrogens (tertiary/aromatic N) is 1. The number of rotatable bonds is 3. The largest absolute Gasteiger partial charge is 0.474 e. The summed E-state index contributed by atoms with van der Waals surface area (Å²) in [6.45, 7) is 9.09. The zero-order valence-corrected chi connectivity index (χ0v) is 9.61. The number of carbonyl (C=O) groups is 2. The minimum absolute atomic E-state index is 0.0954. The van der Waals surface area contributed by atoms with Gasteiger partial charge in [0.25, 0.3) is 11.8 Å². The summed E-state index contributed by atoms with van der Waals surface area (Å²) in [4.78, 5) is 22.3. The van der Waals surface area contributed by atoms with Crippen LogP contribution in [0, 0.1) is 0 Å². The Hall–Kier alpha value is -1.56. The minimum atomic E-state index is -0.799. The van der Waals surface area contributed by atoms with E-state index in [1.54, 1.807) is 0 Å². The first-order chi connectivity index (χ1) is 7.20. The van der Waals surface area contributed by atoms with Crippen molar-refractivity contribution >= 4 is 11.8 Å². The van der Waals surface area contributed by atoms with E-state index in [0.29, 0.717) is 0 Å². The smallest absolute Gasteiger partial charge is 0.276 e. The van der Waals surface area contributed by atoms with Crippen molar-refractivity contribution in [2.24, 2.45) is 0 Å². The predicted octanol–water partition coefficient (Wildman–Crippen LogP) is 0.379. The molecule has 1 aliphatic heterocycles. The number of nitrogens with one attached hydrogen (secondary N) is 1. The van der Waals surface area contributed by atoms with Crippen LogP contribution in [0.3, 0.4) is 0 Å². The fourth-order valence-corrected chi connectivity index (χ4v) is 1.33. The van der Waals surface area contributed by atoms with Gasteiger partial charge < -0.3 is 10.1 Å². The first-order valence-electron chi connectivity index (χ1n) is 4.91. The van der Waals surface area contributed by atoms with E-state index in [-0.39, 0.29) is 17.4 Å². The van der Waals surface area contributed by atoms with Crippen molar-refractivity contribution in [3.63, 3.8) is 0 Å². The highest BCUT2D eigenvalue weighted by Gasteiger charge is 2.38. The molecule has 0 aromatic heterocycles. The lowest BCUT2D eigenvalue weighted by molar-refractivity contribution is -0.171. The fourth-order valence-electron chi connectivity index (χ4n) is 1.33. The molecule has 6 heteroatoms. The molecule has 0 radical (unpaired) electrons. The van der Waals surface area contributed by atoms with E-state index in [1.165, 1.54) is 0 Å². The van der Waals surface area contributed by atoms with Crippen molar-refractivity contribution in [3.8, 4) is 0 Å². The molecule has 1 aliphatic rings. The summed E-state index contributed by atoms with van der Waals surface area (Å²) >= 11 is 0. The molecule has 0 bridgehead atoms. The molecule has 0 unspecified atom stereocenters. The lowest BCUT2D eigenvalue weighted by Crippen LogP contribution is -2.38. The van der Waals surface area contributed by atoms with Crippen LogP contribution in [0.2, 0.25) is 0 Å². The number of imide groups is 1. The third kappa shape index (κ3) is 2.96. The Balaban J connectivity index is 2.53. The third-order valence-electron chi connectivity index (χ3n) is 1.89. The van der Waals surface area contributed by atoms with E-state index < -0.39 is 23.5 Å². The summed E-state index contributed by atoms with van der Waals surface area (Å²) in [6.07, 6.45) is -0.0954. The topological polar surface area (TPSA) is 78.9 Å². The highest BCUT2D eigenvalue weighted by atomic mass is 16.5. The lowest BCUT2D eigenvalue weighted by atomic mass is 10.2. The Kier molecular flexibility index (Phi) is 3.23. The summed E-state index contributed by atoms with van der Waals surface area (Å²) in [5.41, 5.74) is -0.436. The molecular formula is C10H16N2O4. The molecule has 0 aromatic carbocycles. The number of ether oxygens (including phenoxy) is 1. The Bertz CT molecular complexity index is 332. The summed E-state index contributed by atoms with van der Waals surface area (Å²) < 4.78 is 5.35. The Morgan fingerprint density at radius 3 is 2.50 bits per heavy atom. The summed E-state index contributed by atoms with van der Waals surface area (Å²) in [6, 6.07) is -0.799. The van der Waals surface area contributed by atoms with Crippen molar-refractivity contribution in [2.75, 3.05) is 0 Å². The van der Waals surface area contributed by atoms with E-state index in [9.17, 15) is 9.59 Å². The number of hydrogen-bond acceptors (Lipinski definition) is 5. The first kappa shape index (κ1) is 12.5. The van der Waals surface area contributed by atoms with Gasteiger partial charge in [-0.25, -0.2) is 0 Å². The summed E-state index contributed by atoms with van der Waals surface area (Å²) in [5, 5.41) is 11.8. The molecule has 0 aliphatic carbocycles. The molecule has 6 nitrogen and oxygen atoms in total. The maximum Gasteiger partial charge on any atom is 0.276 e. The zero-order valence-electron chi connectivity index (χ0n) is 9.61. The van der Waals surface area contributed by atoms with Gasteiger partial charge in [0.2, 0.25) is 0 Å². The van der Waals surface area contributed by atoms with Gasteiger partial charge in [0.1, 0.15) is 11.6 Å². The molecule has 0 saturated carbocycles. The quantitative estimate of drug-likeness (QED) is 0.415. The summed E-state index contributed by atoms with van der Waals surface area (Å²) in [5.74, 6) is -1.12. The van der Waals surface area contributed by atoms with Crippen molar-refractivity contribution in [3.05, 3.63) is 12.5 Å². The van der Waals surface area contributed by atoms with Crippen LogP contribution in [0.25, 0.3) is 0 Å². The molecule has 2 N–H and O–H groups in total. The second-order valence-corrected chi connectivity index (χ2v) is 4.58. The standard InChI is InChI=1S/C10H16N2O4/c1-6(16-10(2,3)4)11-7-5-8(13)12(15)9(7)14/h7,11,15H,1,5H2,2-4H3/t7-/m0/s1. The number of carbonyl (C=O) groups excluding carboxylic acids is 2. The van der Waals surface area contributed by atoms with Crippen molar-refractivity contribution in [1.82, 2.24) is 10.4 Å². The van der Waals surface area contributed by atoms with Gasteiger partial charge in [0.15, 0.2) is 5.88 Å². The maximum atomic E-state index is 11.3. The fraction of sp³-hybridized carbons (Fsp3) is 0.600. The van der Waals surface area contributed by atoms with E-state index in [1.807, 2.05) is 20.8 Å². The maximum absolute atomic E-state index is 11.3. The van der Waals surface area contributed by atoms with E-state index in [0.717, 1.165) is 0 Å². The Morgan fingerprint density at radius 1 is 1.56 bits per heavy atom. The molecule has 1 atom stereocenters. The van der Waals surface area contributed by atoms with Crippen molar-refractivity contribution < 1.29 is 19.5 Å². The minimum Gasteiger partial charge on any atom is -0.474 e. The van der Waals surface area contributed by atoms with E-state index >= 15 is 0 Å². The number of amides is 2. The van der Waals surface area contributed by atoms with Crippen molar-refractivity contribution in [2.45, 2.75) is 38.8 Å². The summed E-state index contributed by atoms with van der Waals surface area (Å²) in [7, 11) is 0. The van der Waals surface area contributed by atoms with Crippen LogP contribution in [0.5, 0.6) is 0 Å². The Labute approximate surface area is 93.8 Å². The average Bonchev–Trinajstić information content (AvgIpc) is 2.30. The monoisotopic (exact) mass is 228 g/mol. The van der Waals surface area contributed by atoms with Gasteiger partial charge in [-0.05, 0) is 27.4 Å². The molecule has 90 valence electrons. The van der Waals surface area contributed by atoms with E-state index in [4.69, 9.17) is 9.94 Å². The molecule has 0 aromatic rings. The van der Waals surface area contributed by atoms with Crippen LogP contribution in [0.4, 0.5) is 0 Å². The van der Waals surface area contributed by atoms with Gasteiger partial charge in [-0.3, -0.25) is 14.8 Å². The highest BCUT2D eigenvalue weighted by Crippen LogP contribution is 2.15.